The number of fused-ring (bicyclic) bond motifs is 3. The Kier molecular flexibility index (Phi) is 6.38. The Hall–Kier alpha value is -4.16. The first-order valence-electron chi connectivity index (χ1n) is 13.0. The third-order valence-corrected chi connectivity index (χ3v) is 7.49. The summed E-state index contributed by atoms with van der Waals surface area (Å²) in [5, 5.41) is 10.9. The van der Waals surface area contributed by atoms with Gasteiger partial charge in [-0.2, -0.15) is 0 Å². The monoisotopic (exact) mass is 560 g/mol. The Morgan fingerprint density at radius 1 is 1.05 bits per heavy atom. The molecule has 40 heavy (non-hydrogen) atoms. The molecule has 2 fully saturated rings. The predicted molar refractivity (Wildman–Crippen MR) is 136 cm³/mol. The molecule has 2 bridgehead atoms. The second-order valence-electron chi connectivity index (χ2n) is 10.6. The van der Waals surface area contributed by atoms with Gasteiger partial charge in [-0.15, -0.1) is 13.2 Å². The molecule has 2 saturated heterocycles. The summed E-state index contributed by atoms with van der Waals surface area (Å²) < 4.78 is 60.7. The van der Waals surface area contributed by atoms with E-state index in [9.17, 15) is 23.3 Å². The van der Waals surface area contributed by atoms with Crippen LogP contribution in [0.4, 0.5) is 24.7 Å². The van der Waals surface area contributed by atoms with E-state index < -0.39 is 16.9 Å². The summed E-state index contributed by atoms with van der Waals surface area (Å²) in [6.45, 7) is 2.52. The number of aromatic nitrogens is 2. The molecule has 0 saturated carbocycles. The number of halogens is 3. The van der Waals surface area contributed by atoms with Gasteiger partial charge in [-0.3, -0.25) is 4.57 Å². The number of nitrogens with zero attached hydrogens (tertiary/aromatic N) is 4. The maximum atomic E-state index is 12.4. The first kappa shape index (κ1) is 26.1. The Morgan fingerprint density at radius 3 is 2.27 bits per heavy atom. The molecular formula is C27H27F3N4O6. The Morgan fingerprint density at radius 2 is 1.68 bits per heavy atom. The molecule has 4 heterocycles. The van der Waals surface area contributed by atoms with Crippen LogP contribution in [0.15, 0.2) is 54.7 Å². The molecule has 2 aromatic carbocycles. The maximum absolute atomic E-state index is 12.4. The lowest BCUT2D eigenvalue weighted by molar-refractivity contribution is -0.389. The second-order valence-corrected chi connectivity index (χ2v) is 10.6. The molecule has 1 aromatic heterocycles. The average Bonchev–Trinajstić information content (AvgIpc) is 3.51. The van der Waals surface area contributed by atoms with Gasteiger partial charge < -0.3 is 34.0 Å². The number of ether oxygens (including phenoxy) is 4. The van der Waals surface area contributed by atoms with Crippen LogP contribution >= 0.6 is 0 Å². The van der Waals surface area contributed by atoms with E-state index in [4.69, 9.17) is 14.2 Å². The largest absolute Gasteiger partial charge is 0.573 e. The molecule has 2 unspecified atom stereocenters. The van der Waals surface area contributed by atoms with Crippen LogP contribution in [-0.4, -0.2) is 51.2 Å². The first-order chi connectivity index (χ1) is 19.0. The highest BCUT2D eigenvalue weighted by atomic mass is 19.4. The lowest BCUT2D eigenvalue weighted by atomic mass is 9.98. The van der Waals surface area contributed by atoms with Crippen LogP contribution in [0.3, 0.4) is 0 Å². The Labute approximate surface area is 227 Å². The SMILES string of the molecule is C[C@@]1(COc2ccc(N3C4CCC3CC(Oc3ccc(OC(F)(F)F)cc3)C4)cc2)Cn2cc([N+](=O)[O-])nc2O1. The van der Waals surface area contributed by atoms with Crippen molar-refractivity contribution in [3.63, 3.8) is 0 Å². The molecule has 3 aliphatic heterocycles. The standard InChI is InChI=1S/C27H27F3N4O6/c1-26(15-32-14-24(34(35)36)31-25(32)40-26)16-37-20-6-4-17(5-7-20)33-18-2-3-19(33)13-23(12-18)38-21-8-10-22(11-9-21)39-27(28,29)30/h4-11,14,18-19,23H,2-3,12-13,15-16H2,1H3/t18?,19?,23?,26-/m0/s1. The minimum atomic E-state index is -4.72. The van der Waals surface area contributed by atoms with Crippen LogP contribution in [-0.2, 0) is 6.54 Å². The first-order valence-corrected chi connectivity index (χ1v) is 13.0. The van der Waals surface area contributed by atoms with Crippen molar-refractivity contribution in [1.82, 2.24) is 9.55 Å². The van der Waals surface area contributed by atoms with Gasteiger partial charge in [0.15, 0.2) is 5.60 Å². The summed E-state index contributed by atoms with van der Waals surface area (Å²) in [7, 11) is 0. The molecule has 3 aromatic rings. The van der Waals surface area contributed by atoms with Crippen molar-refractivity contribution in [1.29, 1.82) is 0 Å². The van der Waals surface area contributed by atoms with Crippen LogP contribution in [0.2, 0.25) is 0 Å². The summed E-state index contributed by atoms with van der Waals surface area (Å²) >= 11 is 0. The van der Waals surface area contributed by atoms with E-state index in [0.717, 1.165) is 31.4 Å². The smallest absolute Gasteiger partial charge is 0.490 e. The van der Waals surface area contributed by atoms with Crippen LogP contribution in [0.1, 0.15) is 32.6 Å². The number of hydrogen-bond donors (Lipinski definition) is 0. The fourth-order valence-electron chi connectivity index (χ4n) is 5.86. The summed E-state index contributed by atoms with van der Waals surface area (Å²) in [4.78, 5) is 16.7. The van der Waals surface area contributed by atoms with Gasteiger partial charge in [-0.25, -0.2) is 0 Å². The fourth-order valence-corrected chi connectivity index (χ4v) is 5.86. The van der Waals surface area contributed by atoms with Gasteiger partial charge >= 0.3 is 18.2 Å². The number of anilines is 1. The maximum Gasteiger partial charge on any atom is 0.573 e. The molecule has 0 spiro atoms. The number of rotatable bonds is 8. The number of piperidine rings is 1. The van der Waals surface area contributed by atoms with Crippen molar-refractivity contribution >= 4 is 11.5 Å². The van der Waals surface area contributed by atoms with Crippen molar-refractivity contribution in [2.45, 2.75) is 69.3 Å². The zero-order valence-corrected chi connectivity index (χ0v) is 21.5. The van der Waals surface area contributed by atoms with Crippen molar-refractivity contribution in [2.24, 2.45) is 0 Å². The Bertz CT molecular complexity index is 1340. The summed E-state index contributed by atoms with van der Waals surface area (Å²) in [5.41, 5.74) is 0.408. The lowest BCUT2D eigenvalue weighted by Crippen LogP contribution is -2.46. The average molecular weight is 561 g/mol. The van der Waals surface area contributed by atoms with Crippen molar-refractivity contribution in [2.75, 3.05) is 11.5 Å². The third-order valence-electron chi connectivity index (χ3n) is 7.49. The van der Waals surface area contributed by atoms with Gasteiger partial charge in [0.05, 0.1) is 6.54 Å². The number of hydrogen-bond acceptors (Lipinski definition) is 8. The van der Waals surface area contributed by atoms with Gasteiger partial charge in [0.1, 0.15) is 36.2 Å². The molecular weight excluding hydrogens is 533 g/mol. The van der Waals surface area contributed by atoms with Gasteiger partial charge in [0, 0.05) is 35.6 Å². The molecule has 3 aliphatic rings. The van der Waals surface area contributed by atoms with Crippen LogP contribution in [0.25, 0.3) is 0 Å². The van der Waals surface area contributed by atoms with Gasteiger partial charge in [0.25, 0.3) is 0 Å². The molecule has 0 radical (unpaired) electrons. The molecule has 13 heteroatoms. The molecule has 212 valence electrons. The predicted octanol–water partition coefficient (Wildman–Crippen LogP) is 5.50. The molecule has 3 atom stereocenters. The van der Waals surface area contributed by atoms with Crippen LogP contribution in [0, 0.1) is 10.1 Å². The van der Waals surface area contributed by atoms with Crippen molar-refractivity contribution in [3.8, 4) is 23.3 Å². The quantitative estimate of drug-likeness (QED) is 0.263. The topological polar surface area (TPSA) is 101 Å². The van der Waals surface area contributed by atoms with Crippen LogP contribution in [0.5, 0.6) is 23.3 Å². The van der Waals surface area contributed by atoms with Crippen molar-refractivity contribution < 1.29 is 37.0 Å². The number of benzene rings is 2. The lowest BCUT2D eigenvalue weighted by Gasteiger charge is -2.40. The molecule has 6 rings (SSSR count). The zero-order chi connectivity index (χ0) is 28.1. The van der Waals surface area contributed by atoms with Crippen LogP contribution < -0.4 is 23.8 Å². The highest BCUT2D eigenvalue weighted by Crippen LogP contribution is 2.41. The third kappa shape index (κ3) is 5.45. The van der Waals surface area contributed by atoms with Gasteiger partial charge in [-0.1, -0.05) is 0 Å². The van der Waals surface area contributed by atoms with E-state index in [1.807, 2.05) is 31.2 Å². The van der Waals surface area contributed by atoms with Crippen molar-refractivity contribution in [3.05, 3.63) is 64.8 Å². The summed E-state index contributed by atoms with van der Waals surface area (Å²) in [5.74, 6) is 0.695. The second kappa shape index (κ2) is 9.79. The fraction of sp³-hybridized carbons (Fsp3) is 0.444. The molecule has 10 nitrogen and oxygen atoms in total. The molecule has 0 amide bonds. The summed E-state index contributed by atoms with van der Waals surface area (Å²) in [6, 6.07) is 14.3. The number of alkyl halides is 3. The Balaban J connectivity index is 1.02. The minimum absolute atomic E-state index is 0.0194. The normalized spacial score (nSPS) is 25.3. The number of imidazole rings is 1. The highest BCUT2D eigenvalue weighted by Gasteiger charge is 2.43. The number of nitro groups is 1. The van der Waals surface area contributed by atoms with E-state index in [1.54, 1.807) is 4.57 Å². The van der Waals surface area contributed by atoms with E-state index in [0.29, 0.717) is 30.1 Å². The summed E-state index contributed by atoms with van der Waals surface area (Å²) in [6.07, 6.45) is 0.346. The van der Waals surface area contributed by atoms with E-state index in [-0.39, 0.29) is 30.3 Å². The van der Waals surface area contributed by atoms with E-state index >= 15 is 0 Å². The molecule has 0 N–H and O–H groups in total. The molecule has 0 aliphatic carbocycles. The minimum Gasteiger partial charge on any atom is -0.490 e. The highest BCUT2D eigenvalue weighted by molar-refractivity contribution is 5.52. The van der Waals surface area contributed by atoms with Gasteiger partial charge in [-0.05, 0) is 73.2 Å². The van der Waals surface area contributed by atoms with E-state index in [1.165, 1.54) is 30.5 Å². The van der Waals surface area contributed by atoms with Gasteiger partial charge in [0.2, 0.25) is 0 Å². The zero-order valence-electron chi connectivity index (χ0n) is 21.5. The van der Waals surface area contributed by atoms with E-state index in [2.05, 4.69) is 14.6 Å².